The van der Waals surface area contributed by atoms with E-state index in [0.29, 0.717) is 11.6 Å². The molecule has 0 bridgehead atoms. The normalized spacial score (nSPS) is 12.0. The maximum atomic E-state index is 10.9. The Hall–Kier alpha value is -2.27. The number of carbonyl (C=O) groups excluding carboxylic acids is 1. The monoisotopic (exact) mass is 328 g/mol. The van der Waals surface area contributed by atoms with E-state index in [1.807, 2.05) is 19.1 Å². The zero-order valence-electron chi connectivity index (χ0n) is 14.2. The fourth-order valence-electron chi connectivity index (χ4n) is 2.45. The van der Waals surface area contributed by atoms with Gasteiger partial charge in [0.1, 0.15) is 0 Å². The van der Waals surface area contributed by atoms with Gasteiger partial charge in [0.2, 0.25) is 0 Å². The van der Waals surface area contributed by atoms with E-state index in [9.17, 15) is 9.90 Å². The lowest BCUT2D eigenvalue weighted by Gasteiger charge is -2.06. The van der Waals surface area contributed by atoms with Crippen molar-refractivity contribution in [2.24, 2.45) is 0 Å². The van der Waals surface area contributed by atoms with Crippen molar-refractivity contribution in [2.45, 2.75) is 52.1 Å². The van der Waals surface area contributed by atoms with Crippen molar-refractivity contribution in [1.29, 1.82) is 0 Å². The summed E-state index contributed by atoms with van der Waals surface area (Å²) < 4.78 is 4.92. The van der Waals surface area contributed by atoms with Crippen molar-refractivity contribution >= 4 is 5.97 Å². The maximum Gasteiger partial charge on any atom is 0.308 e. The third-order valence-corrected chi connectivity index (χ3v) is 3.69. The summed E-state index contributed by atoms with van der Waals surface area (Å²) in [5.74, 6) is 0.568. The van der Waals surface area contributed by atoms with Crippen LogP contribution in [-0.4, -0.2) is 27.1 Å². The molecule has 24 heavy (non-hydrogen) atoms. The Bertz CT molecular complexity index is 637. The number of benzene rings is 1. The van der Waals surface area contributed by atoms with E-state index in [0.717, 1.165) is 37.7 Å². The highest BCUT2D eigenvalue weighted by atomic mass is 16.5. The number of nitrogens with zero attached hydrogens (tertiary/aromatic N) is 2. The van der Waals surface area contributed by atoms with Crippen LogP contribution in [0.3, 0.4) is 0 Å². The number of esters is 1. The van der Waals surface area contributed by atoms with Crippen LogP contribution >= 0.6 is 0 Å². The molecule has 1 N–H and O–H groups in total. The van der Waals surface area contributed by atoms with E-state index in [-0.39, 0.29) is 12.1 Å². The Morgan fingerprint density at radius 2 is 1.79 bits per heavy atom. The number of aliphatic hydroxyl groups is 1. The fourth-order valence-corrected chi connectivity index (χ4v) is 2.45. The molecule has 0 amide bonds. The highest BCUT2D eigenvalue weighted by Crippen LogP contribution is 2.18. The van der Waals surface area contributed by atoms with Crippen LogP contribution in [0.25, 0.3) is 11.4 Å². The van der Waals surface area contributed by atoms with Crippen molar-refractivity contribution in [3.8, 4) is 17.1 Å². The minimum atomic E-state index is -0.385. The summed E-state index contributed by atoms with van der Waals surface area (Å²) >= 11 is 0. The predicted octanol–water partition coefficient (Wildman–Crippen LogP) is 3.55. The number of hydrogen-bond acceptors (Lipinski definition) is 5. The molecule has 0 saturated heterocycles. The minimum Gasteiger partial charge on any atom is -0.423 e. The van der Waals surface area contributed by atoms with Crippen LogP contribution < -0.4 is 4.74 Å². The van der Waals surface area contributed by atoms with Crippen LogP contribution in [0.1, 0.15) is 45.1 Å². The van der Waals surface area contributed by atoms with E-state index in [2.05, 4.69) is 22.1 Å². The van der Waals surface area contributed by atoms with Gasteiger partial charge < -0.3 is 9.84 Å². The summed E-state index contributed by atoms with van der Waals surface area (Å²) in [6, 6.07) is 8.19. The second kappa shape index (κ2) is 9.13. The van der Waals surface area contributed by atoms with Crippen LogP contribution in [0.2, 0.25) is 0 Å². The van der Waals surface area contributed by atoms with E-state index >= 15 is 0 Å². The van der Waals surface area contributed by atoms with Crippen molar-refractivity contribution in [3.05, 3.63) is 42.2 Å². The van der Waals surface area contributed by atoms with Gasteiger partial charge in [0.15, 0.2) is 11.6 Å². The molecule has 0 aliphatic rings. The molecule has 5 nitrogen and oxygen atoms in total. The molecule has 0 fully saturated rings. The van der Waals surface area contributed by atoms with E-state index in [4.69, 9.17) is 4.74 Å². The van der Waals surface area contributed by atoms with Crippen LogP contribution in [0.5, 0.6) is 5.75 Å². The lowest BCUT2D eigenvalue weighted by Crippen LogP contribution is -2.02. The number of aliphatic hydroxyl groups excluding tert-OH is 1. The summed E-state index contributed by atoms with van der Waals surface area (Å²) in [7, 11) is 0. The Labute approximate surface area is 142 Å². The van der Waals surface area contributed by atoms with E-state index in [1.165, 1.54) is 24.9 Å². The first-order chi connectivity index (χ1) is 11.5. The first-order valence-electron chi connectivity index (χ1n) is 8.32. The van der Waals surface area contributed by atoms with Gasteiger partial charge in [-0.15, -0.1) is 0 Å². The minimum absolute atomic E-state index is 0.198. The number of ether oxygens (including phenoxy) is 1. The molecule has 0 radical (unpaired) electrons. The van der Waals surface area contributed by atoms with Gasteiger partial charge in [-0.3, -0.25) is 4.79 Å². The third-order valence-electron chi connectivity index (χ3n) is 3.69. The molecule has 1 heterocycles. The average Bonchev–Trinajstić information content (AvgIpc) is 2.55. The molecule has 2 rings (SSSR count). The molecule has 1 unspecified atom stereocenters. The highest BCUT2D eigenvalue weighted by Gasteiger charge is 2.04. The van der Waals surface area contributed by atoms with Crippen molar-refractivity contribution in [1.82, 2.24) is 9.97 Å². The molecule has 1 aromatic carbocycles. The Balaban J connectivity index is 1.86. The molecule has 0 aliphatic heterocycles. The summed E-state index contributed by atoms with van der Waals surface area (Å²) in [5, 5.41) is 9.23. The Morgan fingerprint density at radius 3 is 2.38 bits per heavy atom. The quantitative estimate of drug-likeness (QED) is 0.592. The summed E-state index contributed by atoms with van der Waals surface area (Å²) in [6.45, 7) is 3.18. The predicted molar refractivity (Wildman–Crippen MR) is 92.6 cm³/mol. The molecular formula is C19H24N2O3. The molecule has 2 aromatic rings. The van der Waals surface area contributed by atoms with Gasteiger partial charge >= 0.3 is 5.97 Å². The van der Waals surface area contributed by atoms with Gasteiger partial charge in [-0.1, -0.05) is 37.1 Å². The summed E-state index contributed by atoms with van der Waals surface area (Å²) in [4.78, 5) is 19.3. The zero-order valence-corrected chi connectivity index (χ0v) is 14.2. The second-order valence-electron chi connectivity index (χ2n) is 5.98. The standard InChI is InChI=1S/C19H24N2O3/c1-14(22)6-4-3-5-7-16-8-10-17(11-9-16)19-20-12-18(13-21-19)24-15(2)23/h8-14,22H,3-7H2,1-2H3. The lowest BCUT2D eigenvalue weighted by atomic mass is 10.0. The van der Waals surface area contributed by atoms with E-state index < -0.39 is 0 Å². The summed E-state index contributed by atoms with van der Waals surface area (Å²) in [5.41, 5.74) is 2.22. The number of aryl methyl sites for hydroxylation is 1. The SMILES string of the molecule is CC(=O)Oc1cnc(-c2ccc(CCCCCC(C)O)cc2)nc1. The Morgan fingerprint density at radius 1 is 1.12 bits per heavy atom. The van der Waals surface area contributed by atoms with Crippen LogP contribution in [0.15, 0.2) is 36.7 Å². The average molecular weight is 328 g/mol. The van der Waals surface area contributed by atoms with Crippen molar-refractivity contribution in [3.63, 3.8) is 0 Å². The highest BCUT2D eigenvalue weighted by molar-refractivity contribution is 5.69. The molecule has 0 spiro atoms. The topological polar surface area (TPSA) is 72.3 Å². The van der Waals surface area contributed by atoms with Crippen molar-refractivity contribution in [2.75, 3.05) is 0 Å². The van der Waals surface area contributed by atoms with Gasteiger partial charge in [-0.25, -0.2) is 9.97 Å². The first kappa shape index (κ1) is 18.1. The third kappa shape index (κ3) is 6.08. The molecule has 1 aromatic heterocycles. The fraction of sp³-hybridized carbons (Fsp3) is 0.421. The smallest absolute Gasteiger partial charge is 0.308 e. The summed E-state index contributed by atoms with van der Waals surface area (Å²) in [6.07, 6.45) is 8.04. The van der Waals surface area contributed by atoms with Crippen LogP contribution in [-0.2, 0) is 11.2 Å². The number of unbranched alkanes of at least 4 members (excludes halogenated alkanes) is 2. The van der Waals surface area contributed by atoms with E-state index in [1.54, 1.807) is 0 Å². The number of carbonyl (C=O) groups is 1. The molecule has 0 aliphatic carbocycles. The molecule has 1 atom stereocenters. The van der Waals surface area contributed by atoms with Gasteiger partial charge in [-0.05, 0) is 31.7 Å². The van der Waals surface area contributed by atoms with Crippen LogP contribution in [0, 0.1) is 0 Å². The van der Waals surface area contributed by atoms with Crippen molar-refractivity contribution < 1.29 is 14.6 Å². The van der Waals surface area contributed by atoms with Gasteiger partial charge in [0.05, 0.1) is 18.5 Å². The largest absolute Gasteiger partial charge is 0.423 e. The number of hydrogen-bond donors (Lipinski definition) is 1. The number of rotatable bonds is 8. The zero-order chi connectivity index (χ0) is 17.4. The maximum absolute atomic E-state index is 10.9. The van der Waals surface area contributed by atoms with Gasteiger partial charge in [0.25, 0.3) is 0 Å². The molecule has 5 heteroatoms. The number of aromatic nitrogens is 2. The Kier molecular flexibility index (Phi) is 6.88. The molecule has 0 saturated carbocycles. The first-order valence-corrected chi connectivity index (χ1v) is 8.32. The van der Waals surface area contributed by atoms with Crippen LogP contribution in [0.4, 0.5) is 0 Å². The van der Waals surface area contributed by atoms with Gasteiger partial charge in [-0.2, -0.15) is 0 Å². The molecular weight excluding hydrogens is 304 g/mol. The molecule has 128 valence electrons. The lowest BCUT2D eigenvalue weighted by molar-refractivity contribution is -0.131. The second-order valence-corrected chi connectivity index (χ2v) is 5.98. The van der Waals surface area contributed by atoms with Gasteiger partial charge in [0, 0.05) is 12.5 Å².